The first-order valence-corrected chi connectivity index (χ1v) is 8.69. The summed E-state index contributed by atoms with van der Waals surface area (Å²) in [5, 5.41) is 6.76. The van der Waals surface area contributed by atoms with Gasteiger partial charge < -0.3 is 25.2 Å². The van der Waals surface area contributed by atoms with E-state index >= 15 is 0 Å². The third kappa shape index (κ3) is 12.0. The zero-order chi connectivity index (χ0) is 16.0. The molecule has 1 aliphatic heterocycles. The van der Waals surface area contributed by atoms with Crippen molar-refractivity contribution < 1.29 is 4.74 Å². The van der Waals surface area contributed by atoms with Gasteiger partial charge in [0, 0.05) is 53.0 Å². The van der Waals surface area contributed by atoms with Gasteiger partial charge in [0.15, 0.2) is 5.96 Å². The Bertz CT molecular complexity index is 304. The van der Waals surface area contributed by atoms with E-state index in [1.54, 1.807) is 0 Å². The van der Waals surface area contributed by atoms with Crippen LogP contribution in [0.1, 0.15) is 26.2 Å². The van der Waals surface area contributed by atoms with Crippen LogP contribution in [0, 0.1) is 0 Å². The summed E-state index contributed by atoms with van der Waals surface area (Å²) >= 11 is 0. The predicted molar refractivity (Wildman–Crippen MR) is 109 cm³/mol. The second-order valence-corrected chi connectivity index (χ2v) is 5.83. The summed E-state index contributed by atoms with van der Waals surface area (Å²) in [6.07, 6.45) is 3.47. The van der Waals surface area contributed by atoms with Crippen LogP contribution >= 0.6 is 24.0 Å². The highest BCUT2D eigenvalue weighted by Crippen LogP contribution is 1.99. The first kappa shape index (κ1) is 22.9. The molecule has 0 saturated carbocycles. The zero-order valence-corrected chi connectivity index (χ0v) is 17.5. The number of hydrogen-bond acceptors (Lipinski definition) is 4. The quantitative estimate of drug-likeness (QED) is 0.244. The molecule has 0 bridgehead atoms. The average Bonchev–Trinajstić information content (AvgIpc) is 2.73. The van der Waals surface area contributed by atoms with Crippen molar-refractivity contribution in [3.63, 3.8) is 0 Å². The monoisotopic (exact) mass is 441 g/mol. The lowest BCUT2D eigenvalue weighted by Crippen LogP contribution is -2.42. The number of unbranched alkanes of at least 4 members (excludes halogenated alkanes) is 1. The minimum atomic E-state index is 0. The van der Waals surface area contributed by atoms with Gasteiger partial charge >= 0.3 is 0 Å². The number of likely N-dealkylation sites (N-methyl/N-ethyl adjacent to an activating group) is 1. The molecule has 0 spiro atoms. The maximum atomic E-state index is 5.33. The Balaban J connectivity index is 0.00000484. The first-order chi connectivity index (χ1) is 10.8. The molecule has 0 atom stereocenters. The number of guanidine groups is 1. The van der Waals surface area contributed by atoms with Gasteiger partial charge in [0.2, 0.25) is 0 Å². The molecule has 1 rings (SSSR count). The van der Waals surface area contributed by atoms with Crippen LogP contribution in [0.4, 0.5) is 0 Å². The summed E-state index contributed by atoms with van der Waals surface area (Å²) in [6, 6.07) is 0. The van der Waals surface area contributed by atoms with Gasteiger partial charge in [-0.3, -0.25) is 4.99 Å². The van der Waals surface area contributed by atoms with Gasteiger partial charge in [0.05, 0.1) is 0 Å². The standard InChI is InChI=1S/C16H35N5O.HI/c1-4-22-15-6-5-8-18-16(17-2)19-9-12-21-11-7-10-20(3)13-14-21;/h4-15H2,1-3H3,(H2,17,18,19);1H. The normalized spacial score (nSPS) is 17.4. The molecule has 1 aliphatic rings. The van der Waals surface area contributed by atoms with Gasteiger partial charge in [-0.05, 0) is 46.3 Å². The van der Waals surface area contributed by atoms with E-state index in [4.69, 9.17) is 4.74 Å². The fourth-order valence-electron chi connectivity index (χ4n) is 2.56. The molecule has 1 heterocycles. The lowest BCUT2D eigenvalue weighted by atomic mass is 10.3. The Kier molecular flexibility index (Phi) is 15.3. The Morgan fingerprint density at radius 2 is 1.87 bits per heavy atom. The lowest BCUT2D eigenvalue weighted by Gasteiger charge is -2.21. The maximum absolute atomic E-state index is 5.33. The Morgan fingerprint density at radius 3 is 2.61 bits per heavy atom. The van der Waals surface area contributed by atoms with Gasteiger partial charge in [0.25, 0.3) is 0 Å². The number of nitrogens with one attached hydrogen (secondary N) is 2. The van der Waals surface area contributed by atoms with E-state index < -0.39 is 0 Å². The summed E-state index contributed by atoms with van der Waals surface area (Å²) in [5.41, 5.74) is 0. The zero-order valence-electron chi connectivity index (χ0n) is 15.1. The van der Waals surface area contributed by atoms with E-state index in [1.807, 2.05) is 14.0 Å². The van der Waals surface area contributed by atoms with Gasteiger partial charge in [-0.15, -0.1) is 24.0 Å². The molecule has 1 saturated heterocycles. The van der Waals surface area contributed by atoms with Gasteiger partial charge in [-0.1, -0.05) is 0 Å². The second-order valence-electron chi connectivity index (χ2n) is 5.83. The summed E-state index contributed by atoms with van der Waals surface area (Å²) in [4.78, 5) is 9.22. The molecular formula is C16H36IN5O. The molecule has 138 valence electrons. The van der Waals surface area contributed by atoms with Crippen molar-refractivity contribution in [3.8, 4) is 0 Å². The highest BCUT2D eigenvalue weighted by atomic mass is 127. The second kappa shape index (κ2) is 15.4. The van der Waals surface area contributed by atoms with Crippen LogP contribution in [0.3, 0.4) is 0 Å². The molecule has 0 aromatic carbocycles. The number of rotatable bonds is 9. The van der Waals surface area contributed by atoms with Crippen molar-refractivity contribution in [2.75, 3.05) is 73.1 Å². The third-order valence-corrected chi connectivity index (χ3v) is 3.97. The van der Waals surface area contributed by atoms with Gasteiger partial charge in [0.1, 0.15) is 0 Å². The summed E-state index contributed by atoms with van der Waals surface area (Å²) in [7, 11) is 4.04. The van der Waals surface area contributed by atoms with Crippen LogP contribution in [0.2, 0.25) is 0 Å². The van der Waals surface area contributed by atoms with E-state index in [2.05, 4.69) is 32.5 Å². The number of halogens is 1. The van der Waals surface area contributed by atoms with Crippen LogP contribution in [0.15, 0.2) is 4.99 Å². The predicted octanol–water partition coefficient (Wildman–Crippen LogP) is 1.22. The molecule has 0 amide bonds. The topological polar surface area (TPSA) is 52.1 Å². The molecule has 2 N–H and O–H groups in total. The van der Waals surface area contributed by atoms with Gasteiger partial charge in [-0.25, -0.2) is 0 Å². The van der Waals surface area contributed by atoms with Crippen molar-refractivity contribution in [2.45, 2.75) is 26.2 Å². The van der Waals surface area contributed by atoms with Crippen molar-refractivity contribution >= 4 is 29.9 Å². The Labute approximate surface area is 159 Å². The molecule has 23 heavy (non-hydrogen) atoms. The summed E-state index contributed by atoms with van der Waals surface area (Å²) < 4.78 is 5.33. The number of nitrogens with zero attached hydrogens (tertiary/aromatic N) is 3. The van der Waals surface area contributed by atoms with Crippen molar-refractivity contribution in [3.05, 3.63) is 0 Å². The third-order valence-electron chi connectivity index (χ3n) is 3.97. The highest BCUT2D eigenvalue weighted by Gasteiger charge is 2.11. The van der Waals surface area contributed by atoms with E-state index in [0.29, 0.717) is 0 Å². The molecule has 6 nitrogen and oxygen atoms in total. The number of ether oxygens (including phenoxy) is 1. The minimum Gasteiger partial charge on any atom is -0.382 e. The Hall–Kier alpha value is -0.120. The fraction of sp³-hybridized carbons (Fsp3) is 0.938. The summed E-state index contributed by atoms with van der Waals surface area (Å²) in [5.74, 6) is 0.906. The highest BCUT2D eigenvalue weighted by molar-refractivity contribution is 14.0. The molecular weight excluding hydrogens is 405 g/mol. The van der Waals surface area contributed by atoms with Crippen LogP contribution in [-0.2, 0) is 4.74 Å². The lowest BCUT2D eigenvalue weighted by molar-refractivity contribution is 0.143. The molecule has 0 radical (unpaired) electrons. The molecule has 1 fully saturated rings. The van der Waals surface area contributed by atoms with E-state index in [9.17, 15) is 0 Å². The van der Waals surface area contributed by atoms with E-state index in [0.717, 1.165) is 51.6 Å². The number of hydrogen-bond donors (Lipinski definition) is 2. The van der Waals surface area contributed by atoms with Crippen molar-refractivity contribution in [2.24, 2.45) is 4.99 Å². The van der Waals surface area contributed by atoms with Crippen molar-refractivity contribution in [1.82, 2.24) is 20.4 Å². The maximum Gasteiger partial charge on any atom is 0.191 e. The average molecular weight is 441 g/mol. The van der Waals surface area contributed by atoms with E-state index in [1.165, 1.54) is 32.6 Å². The van der Waals surface area contributed by atoms with E-state index in [-0.39, 0.29) is 24.0 Å². The molecule has 0 unspecified atom stereocenters. The van der Waals surface area contributed by atoms with Crippen LogP contribution in [0.25, 0.3) is 0 Å². The molecule has 7 heteroatoms. The van der Waals surface area contributed by atoms with Crippen LogP contribution < -0.4 is 10.6 Å². The molecule has 0 aromatic rings. The first-order valence-electron chi connectivity index (χ1n) is 8.69. The minimum absolute atomic E-state index is 0. The van der Waals surface area contributed by atoms with Crippen LogP contribution in [0.5, 0.6) is 0 Å². The fourth-order valence-corrected chi connectivity index (χ4v) is 2.56. The molecule has 0 aromatic heterocycles. The SMILES string of the molecule is CCOCCCCNC(=NC)NCCN1CCCN(C)CC1.I. The van der Waals surface area contributed by atoms with Crippen molar-refractivity contribution in [1.29, 1.82) is 0 Å². The Morgan fingerprint density at radius 1 is 1.09 bits per heavy atom. The largest absolute Gasteiger partial charge is 0.382 e. The van der Waals surface area contributed by atoms with Gasteiger partial charge in [-0.2, -0.15) is 0 Å². The van der Waals surface area contributed by atoms with Crippen LogP contribution in [-0.4, -0.2) is 88.9 Å². The smallest absolute Gasteiger partial charge is 0.191 e. The molecule has 0 aliphatic carbocycles. The summed E-state index contributed by atoms with van der Waals surface area (Å²) in [6.45, 7) is 11.4. The number of aliphatic imine (C=N–C) groups is 1.